The van der Waals surface area contributed by atoms with Gasteiger partial charge in [0.2, 0.25) is 0 Å². The largest absolute Gasteiger partial charge is 0.497 e. The summed E-state index contributed by atoms with van der Waals surface area (Å²) in [6, 6.07) is 38.3. The van der Waals surface area contributed by atoms with Gasteiger partial charge in [-0.1, -0.05) is 84.9 Å². The molecule has 1 amide bonds. The van der Waals surface area contributed by atoms with Crippen LogP contribution in [0.5, 0.6) is 5.75 Å². The van der Waals surface area contributed by atoms with Crippen LogP contribution in [0.25, 0.3) is 0 Å². The van der Waals surface area contributed by atoms with Gasteiger partial charge in [0.05, 0.1) is 13.7 Å². The molecule has 42 heavy (non-hydrogen) atoms. The molecule has 5 aromatic rings. The van der Waals surface area contributed by atoms with Crippen molar-refractivity contribution in [1.82, 2.24) is 9.80 Å². The highest BCUT2D eigenvalue weighted by Gasteiger charge is 2.21. The second-order valence-electron chi connectivity index (χ2n) is 10.3. The van der Waals surface area contributed by atoms with Gasteiger partial charge in [-0.25, -0.2) is 4.39 Å². The maximum absolute atomic E-state index is 14.0. The van der Waals surface area contributed by atoms with E-state index in [1.807, 2.05) is 89.8 Å². The zero-order valence-electron chi connectivity index (χ0n) is 23.8. The molecule has 0 aliphatic carbocycles. The smallest absolute Gasteiger partial charge is 0.289 e. The van der Waals surface area contributed by atoms with Crippen LogP contribution in [0.15, 0.2) is 126 Å². The lowest BCUT2D eigenvalue weighted by atomic mass is 10.1. The number of amides is 1. The van der Waals surface area contributed by atoms with Gasteiger partial charge in [0.25, 0.3) is 5.91 Å². The van der Waals surface area contributed by atoms with Crippen LogP contribution >= 0.6 is 0 Å². The molecule has 4 aromatic carbocycles. The van der Waals surface area contributed by atoms with E-state index in [2.05, 4.69) is 17.0 Å². The molecule has 0 unspecified atom stereocenters. The Morgan fingerprint density at radius 1 is 0.690 bits per heavy atom. The van der Waals surface area contributed by atoms with Gasteiger partial charge >= 0.3 is 0 Å². The van der Waals surface area contributed by atoms with E-state index in [1.165, 1.54) is 11.6 Å². The summed E-state index contributed by atoms with van der Waals surface area (Å²) in [5.41, 5.74) is 4.15. The van der Waals surface area contributed by atoms with Crippen LogP contribution in [-0.4, -0.2) is 29.4 Å². The number of benzene rings is 4. The summed E-state index contributed by atoms with van der Waals surface area (Å²) in [5.74, 6) is 1.33. The molecule has 0 aliphatic heterocycles. The van der Waals surface area contributed by atoms with E-state index in [4.69, 9.17) is 9.15 Å². The van der Waals surface area contributed by atoms with Crippen LogP contribution in [0.3, 0.4) is 0 Å². The Balaban J connectivity index is 1.33. The van der Waals surface area contributed by atoms with Crippen molar-refractivity contribution in [3.05, 3.63) is 161 Å². The van der Waals surface area contributed by atoms with E-state index in [0.717, 1.165) is 28.9 Å². The Kier molecular flexibility index (Phi) is 9.81. The first-order chi connectivity index (χ1) is 20.6. The molecule has 0 bridgehead atoms. The lowest BCUT2D eigenvalue weighted by Gasteiger charge is -2.23. The summed E-state index contributed by atoms with van der Waals surface area (Å²) < 4.78 is 25.5. The second-order valence-corrected chi connectivity index (χ2v) is 10.3. The van der Waals surface area contributed by atoms with E-state index in [0.29, 0.717) is 44.2 Å². The number of ether oxygens (including phenoxy) is 1. The number of hydrogen-bond acceptors (Lipinski definition) is 4. The van der Waals surface area contributed by atoms with E-state index in [1.54, 1.807) is 25.3 Å². The summed E-state index contributed by atoms with van der Waals surface area (Å²) in [6.07, 6.45) is 0.745. The molecule has 1 heterocycles. The second kappa shape index (κ2) is 14.3. The van der Waals surface area contributed by atoms with E-state index < -0.39 is 0 Å². The highest BCUT2D eigenvalue weighted by molar-refractivity contribution is 5.91. The molecule has 0 saturated carbocycles. The maximum atomic E-state index is 14.0. The molecule has 0 radical (unpaired) electrons. The minimum absolute atomic E-state index is 0.148. The van der Waals surface area contributed by atoms with Gasteiger partial charge in [-0.2, -0.15) is 0 Å². The Morgan fingerprint density at radius 2 is 1.33 bits per heavy atom. The summed E-state index contributed by atoms with van der Waals surface area (Å²) >= 11 is 0. The molecule has 5 nitrogen and oxygen atoms in total. The molecule has 5 rings (SSSR count). The summed E-state index contributed by atoms with van der Waals surface area (Å²) in [5, 5.41) is 0. The van der Waals surface area contributed by atoms with Crippen LogP contribution in [0.4, 0.5) is 4.39 Å². The third-order valence-electron chi connectivity index (χ3n) is 7.10. The number of carbonyl (C=O) groups is 1. The zero-order chi connectivity index (χ0) is 29.1. The van der Waals surface area contributed by atoms with Crippen molar-refractivity contribution in [3.63, 3.8) is 0 Å². The zero-order valence-corrected chi connectivity index (χ0v) is 23.8. The first-order valence-corrected chi connectivity index (χ1v) is 14.1. The van der Waals surface area contributed by atoms with Gasteiger partial charge in [-0.15, -0.1) is 0 Å². The molecule has 0 spiro atoms. The molecule has 1 aromatic heterocycles. The van der Waals surface area contributed by atoms with Gasteiger partial charge in [0.1, 0.15) is 17.3 Å². The predicted molar refractivity (Wildman–Crippen MR) is 162 cm³/mol. The topological polar surface area (TPSA) is 45.9 Å². The quantitative estimate of drug-likeness (QED) is 0.149. The highest BCUT2D eigenvalue weighted by Crippen LogP contribution is 2.21. The van der Waals surface area contributed by atoms with E-state index in [9.17, 15) is 9.18 Å². The number of carbonyl (C=O) groups excluding carboxylic acids is 1. The van der Waals surface area contributed by atoms with Crippen molar-refractivity contribution in [1.29, 1.82) is 0 Å². The lowest BCUT2D eigenvalue weighted by Crippen LogP contribution is -2.32. The standard InChI is InChI=1S/C36H35FN2O3/c1-41-33-17-9-15-31(23-33)25-38(24-30-14-8-16-32(37)22-30)27-34-18-19-35(42-34)36(40)39(26-29-12-6-3-7-13-29)21-20-28-10-4-2-5-11-28/h2-19,22-23H,20-21,24-27H2,1H3. The Bertz CT molecular complexity index is 1570. The highest BCUT2D eigenvalue weighted by atomic mass is 19.1. The molecular formula is C36H35FN2O3. The first kappa shape index (κ1) is 28.8. The molecule has 0 fully saturated rings. The fourth-order valence-corrected chi connectivity index (χ4v) is 5.01. The number of halogens is 1. The van der Waals surface area contributed by atoms with Crippen molar-refractivity contribution in [2.75, 3.05) is 13.7 Å². The number of furan rings is 1. The first-order valence-electron chi connectivity index (χ1n) is 14.1. The van der Waals surface area contributed by atoms with Crippen molar-refractivity contribution >= 4 is 5.91 Å². The Labute approximate surface area is 246 Å². The molecule has 0 N–H and O–H groups in total. The van der Waals surface area contributed by atoms with Crippen LogP contribution < -0.4 is 4.74 Å². The number of rotatable bonds is 13. The summed E-state index contributed by atoms with van der Waals surface area (Å²) in [6.45, 7) is 2.61. The minimum Gasteiger partial charge on any atom is -0.497 e. The number of hydrogen-bond donors (Lipinski definition) is 0. The normalized spacial score (nSPS) is 11.0. The molecule has 0 aliphatic rings. The van der Waals surface area contributed by atoms with Crippen LogP contribution in [0.1, 0.15) is 38.6 Å². The third-order valence-corrected chi connectivity index (χ3v) is 7.10. The van der Waals surface area contributed by atoms with Crippen molar-refractivity contribution in [2.24, 2.45) is 0 Å². The molecule has 6 heteroatoms. The average molecular weight is 563 g/mol. The van der Waals surface area contributed by atoms with Crippen LogP contribution in [0, 0.1) is 5.82 Å². The van der Waals surface area contributed by atoms with Gasteiger partial charge in [0, 0.05) is 26.2 Å². The van der Waals surface area contributed by atoms with Crippen molar-refractivity contribution in [2.45, 2.75) is 32.6 Å². The number of methoxy groups -OCH3 is 1. The molecular weight excluding hydrogens is 527 g/mol. The SMILES string of the molecule is COc1cccc(CN(Cc2cccc(F)c2)Cc2ccc(C(=O)N(CCc3ccccc3)Cc3ccccc3)o2)c1. The summed E-state index contributed by atoms with van der Waals surface area (Å²) in [7, 11) is 1.64. The minimum atomic E-state index is -0.270. The fraction of sp³-hybridized carbons (Fsp3) is 0.194. The van der Waals surface area contributed by atoms with Gasteiger partial charge in [-0.05, 0) is 65.1 Å². The summed E-state index contributed by atoms with van der Waals surface area (Å²) in [4.78, 5) is 17.7. The fourth-order valence-electron chi connectivity index (χ4n) is 5.01. The van der Waals surface area contributed by atoms with Gasteiger partial charge < -0.3 is 14.1 Å². The average Bonchev–Trinajstić information content (AvgIpc) is 3.48. The lowest BCUT2D eigenvalue weighted by molar-refractivity contribution is 0.0708. The van der Waals surface area contributed by atoms with Crippen LogP contribution in [0.2, 0.25) is 0 Å². The third kappa shape index (κ3) is 8.18. The number of nitrogens with zero attached hydrogens (tertiary/aromatic N) is 2. The molecule has 214 valence electrons. The van der Waals surface area contributed by atoms with Gasteiger partial charge in [-0.3, -0.25) is 9.69 Å². The van der Waals surface area contributed by atoms with Crippen molar-refractivity contribution < 1.29 is 18.3 Å². The Hall–Kier alpha value is -4.68. The molecule has 0 atom stereocenters. The molecule has 0 saturated heterocycles. The van der Waals surface area contributed by atoms with Gasteiger partial charge in [0.15, 0.2) is 5.76 Å². The maximum Gasteiger partial charge on any atom is 0.289 e. The van der Waals surface area contributed by atoms with E-state index >= 15 is 0 Å². The monoisotopic (exact) mass is 562 g/mol. The van der Waals surface area contributed by atoms with Crippen LogP contribution in [-0.2, 0) is 32.6 Å². The predicted octanol–water partition coefficient (Wildman–Crippen LogP) is 7.51. The van der Waals surface area contributed by atoms with Crippen molar-refractivity contribution in [3.8, 4) is 5.75 Å². The Morgan fingerprint density at radius 3 is 2.02 bits per heavy atom. The van der Waals surface area contributed by atoms with E-state index in [-0.39, 0.29) is 11.7 Å².